The summed E-state index contributed by atoms with van der Waals surface area (Å²) < 4.78 is 33.0. The molecule has 13 heteroatoms. The van der Waals surface area contributed by atoms with Gasteiger partial charge in [0.15, 0.2) is 17.0 Å². The van der Waals surface area contributed by atoms with Gasteiger partial charge in [-0.15, -0.1) is 0 Å². The summed E-state index contributed by atoms with van der Waals surface area (Å²) in [6.45, 7) is 1.72. The van der Waals surface area contributed by atoms with Gasteiger partial charge in [0.05, 0.1) is 19.0 Å². The van der Waals surface area contributed by atoms with Crippen LogP contribution >= 0.6 is 7.75 Å². The number of hydrogen-bond acceptors (Lipinski definition) is 10. The van der Waals surface area contributed by atoms with E-state index in [1.54, 1.807) is 37.5 Å². The summed E-state index contributed by atoms with van der Waals surface area (Å²) in [6.07, 6.45) is 11.4. The van der Waals surface area contributed by atoms with Crippen LogP contribution in [0.2, 0.25) is 0 Å². The number of anilines is 2. The number of imidazole rings is 1. The van der Waals surface area contributed by atoms with Crippen LogP contribution in [0.1, 0.15) is 51.5 Å². The average Bonchev–Trinajstić information content (AvgIpc) is 3.42. The number of para-hydroxylation sites is 1. The second kappa shape index (κ2) is 11.2. The maximum Gasteiger partial charge on any atom is 0.459 e. The van der Waals surface area contributed by atoms with Crippen molar-refractivity contribution in [1.82, 2.24) is 24.6 Å². The highest BCUT2D eigenvalue weighted by atomic mass is 31.2. The van der Waals surface area contributed by atoms with Crippen molar-refractivity contribution in [3.63, 3.8) is 0 Å². The molecule has 12 nitrogen and oxygen atoms in total. The van der Waals surface area contributed by atoms with Crippen LogP contribution in [0.3, 0.4) is 0 Å². The van der Waals surface area contributed by atoms with Crippen molar-refractivity contribution >= 4 is 36.6 Å². The molecule has 0 saturated heterocycles. The molecule has 2 heterocycles. The number of carbonyl (C=O) groups excluding carboxylic acids is 1. The molecule has 212 valence electrons. The van der Waals surface area contributed by atoms with Gasteiger partial charge in [0.2, 0.25) is 5.95 Å². The summed E-state index contributed by atoms with van der Waals surface area (Å²) in [7, 11) is -3.93. The second-order valence-electron chi connectivity index (χ2n) is 10.7. The van der Waals surface area contributed by atoms with E-state index in [1.807, 2.05) is 16.7 Å². The fourth-order valence-corrected chi connectivity index (χ4v) is 6.28. The van der Waals surface area contributed by atoms with Gasteiger partial charge in [0.1, 0.15) is 17.9 Å². The number of carbonyl (C=O) groups is 1. The van der Waals surface area contributed by atoms with Gasteiger partial charge in [-0.3, -0.25) is 9.32 Å². The third-order valence-corrected chi connectivity index (χ3v) is 8.98. The van der Waals surface area contributed by atoms with E-state index in [9.17, 15) is 9.36 Å². The zero-order chi connectivity index (χ0) is 27.7. The molecule has 3 aromatic rings. The van der Waals surface area contributed by atoms with Gasteiger partial charge in [-0.05, 0) is 57.6 Å². The number of nitrogens with zero attached hydrogens (tertiary/aromatic N) is 4. The molecule has 0 bridgehead atoms. The second-order valence-corrected chi connectivity index (χ2v) is 12.4. The Bertz CT molecular complexity index is 1440. The van der Waals surface area contributed by atoms with Gasteiger partial charge in [0, 0.05) is 12.0 Å². The first kappa shape index (κ1) is 26.7. The molecule has 40 heavy (non-hydrogen) atoms. The third kappa shape index (κ3) is 6.14. The van der Waals surface area contributed by atoms with E-state index in [-0.39, 0.29) is 30.6 Å². The van der Waals surface area contributed by atoms with Gasteiger partial charge in [0.25, 0.3) is 0 Å². The Hall–Kier alpha value is -3.47. The first-order valence-corrected chi connectivity index (χ1v) is 15.3. The molecule has 6 rings (SSSR count). The molecule has 2 saturated carbocycles. The molecular formula is C27H34N7O5P. The number of benzene rings is 1. The SMILES string of the molecule is C[C@H](NP(=O)(OC[C@@H]1C=CC(n2cnc3c(NC4CC4)nc(N)nc32)C1)Oc1ccccc1)C(=O)OC1CCC1. The summed E-state index contributed by atoms with van der Waals surface area (Å²) in [5, 5.41) is 6.15. The Morgan fingerprint density at radius 2 is 1.98 bits per heavy atom. The number of nitrogens with two attached hydrogens (primary N) is 1. The highest BCUT2D eigenvalue weighted by Crippen LogP contribution is 2.46. The first-order valence-electron chi connectivity index (χ1n) is 13.8. The van der Waals surface area contributed by atoms with Gasteiger partial charge in [-0.25, -0.2) is 9.55 Å². The minimum absolute atomic E-state index is 0.0413. The maximum absolute atomic E-state index is 13.8. The van der Waals surface area contributed by atoms with Gasteiger partial charge >= 0.3 is 13.7 Å². The van der Waals surface area contributed by atoms with Crippen LogP contribution in [0.15, 0.2) is 48.8 Å². The number of hydrogen-bond donors (Lipinski definition) is 3. The zero-order valence-corrected chi connectivity index (χ0v) is 23.2. The fourth-order valence-electron chi connectivity index (χ4n) is 4.73. The number of nitrogens with one attached hydrogen (secondary N) is 2. The van der Waals surface area contributed by atoms with Gasteiger partial charge in [-0.1, -0.05) is 30.4 Å². The molecule has 4 atom stereocenters. The normalized spacial score (nSPS) is 22.9. The lowest BCUT2D eigenvalue weighted by Crippen LogP contribution is -2.38. The van der Waals surface area contributed by atoms with Gasteiger partial charge < -0.3 is 24.9 Å². The molecule has 2 unspecified atom stereocenters. The predicted octanol–water partition coefficient (Wildman–Crippen LogP) is 4.38. The highest BCUT2D eigenvalue weighted by Gasteiger charge is 2.35. The summed E-state index contributed by atoms with van der Waals surface area (Å²) in [4.78, 5) is 25.9. The average molecular weight is 568 g/mol. The van der Waals surface area contributed by atoms with Crippen molar-refractivity contribution in [2.75, 3.05) is 17.7 Å². The number of ether oxygens (including phenoxy) is 1. The Balaban J connectivity index is 1.12. The minimum atomic E-state index is -3.93. The number of aromatic nitrogens is 4. The van der Waals surface area contributed by atoms with E-state index >= 15 is 0 Å². The molecule has 0 aliphatic heterocycles. The van der Waals surface area contributed by atoms with Crippen molar-refractivity contribution in [2.45, 2.75) is 69.7 Å². The van der Waals surface area contributed by atoms with E-state index < -0.39 is 19.8 Å². The molecule has 0 spiro atoms. The fraction of sp³-hybridized carbons (Fsp3) is 0.481. The topological polar surface area (TPSA) is 156 Å². The smallest absolute Gasteiger partial charge is 0.459 e. The lowest BCUT2D eigenvalue weighted by atomic mass is 9.96. The Morgan fingerprint density at radius 3 is 2.70 bits per heavy atom. The summed E-state index contributed by atoms with van der Waals surface area (Å²) in [5.41, 5.74) is 7.35. The Morgan fingerprint density at radius 1 is 1.18 bits per heavy atom. The van der Waals surface area contributed by atoms with E-state index in [2.05, 4.69) is 31.4 Å². The number of esters is 1. The van der Waals surface area contributed by atoms with E-state index in [4.69, 9.17) is 19.5 Å². The van der Waals surface area contributed by atoms with Crippen molar-refractivity contribution in [3.05, 3.63) is 48.8 Å². The van der Waals surface area contributed by atoms with Crippen LogP contribution in [0.5, 0.6) is 5.75 Å². The Labute approximate surface area is 232 Å². The van der Waals surface area contributed by atoms with Crippen LogP contribution < -0.4 is 20.7 Å². The summed E-state index contributed by atoms with van der Waals surface area (Å²) >= 11 is 0. The minimum Gasteiger partial charge on any atom is -0.461 e. The Kier molecular flexibility index (Phi) is 7.48. The predicted molar refractivity (Wildman–Crippen MR) is 150 cm³/mol. The van der Waals surface area contributed by atoms with E-state index in [1.165, 1.54) is 0 Å². The van der Waals surface area contributed by atoms with Crippen LogP contribution in [-0.4, -0.2) is 50.3 Å². The lowest BCUT2D eigenvalue weighted by Gasteiger charge is -2.28. The highest BCUT2D eigenvalue weighted by molar-refractivity contribution is 7.52. The van der Waals surface area contributed by atoms with E-state index in [0.717, 1.165) is 32.1 Å². The van der Waals surface area contributed by atoms with Crippen LogP contribution in [0.25, 0.3) is 11.2 Å². The molecule has 0 amide bonds. The molecular weight excluding hydrogens is 533 g/mol. The van der Waals surface area contributed by atoms with Gasteiger partial charge in [-0.2, -0.15) is 15.1 Å². The molecule has 0 radical (unpaired) electrons. The largest absolute Gasteiger partial charge is 0.461 e. The van der Waals surface area contributed by atoms with Crippen LogP contribution in [0, 0.1) is 5.92 Å². The number of rotatable bonds is 12. The standard InChI is InChI=1S/C27H34N7O5P/c1-17(26(35)38-21-8-5-9-21)33-40(36,39-22-6-3-2-4-7-22)37-15-18-10-13-20(14-18)34-16-29-23-24(30-19-11-12-19)31-27(28)32-25(23)34/h2-4,6-7,10,13,16-21H,5,8-9,11-12,14-15H2,1H3,(H,33,36)(H3,28,30,31,32)/t17-,18+,20?,40?/m0/s1. The lowest BCUT2D eigenvalue weighted by molar-refractivity contribution is -0.154. The molecule has 2 aromatic heterocycles. The van der Waals surface area contributed by atoms with Crippen molar-refractivity contribution in [2.24, 2.45) is 5.92 Å². The zero-order valence-electron chi connectivity index (χ0n) is 22.3. The summed E-state index contributed by atoms with van der Waals surface area (Å²) in [6, 6.07) is 8.24. The van der Waals surface area contributed by atoms with E-state index in [0.29, 0.717) is 35.2 Å². The number of allylic oxidation sites excluding steroid dienone is 1. The molecule has 3 aliphatic rings. The summed E-state index contributed by atoms with van der Waals surface area (Å²) in [5.74, 6) is 0.678. The van der Waals surface area contributed by atoms with Crippen molar-refractivity contribution in [1.29, 1.82) is 0 Å². The molecule has 2 fully saturated rings. The third-order valence-electron chi connectivity index (χ3n) is 7.33. The first-order chi connectivity index (χ1) is 19.3. The molecule has 1 aromatic carbocycles. The number of fused-ring (bicyclic) bond motifs is 1. The quantitative estimate of drug-likeness (QED) is 0.162. The number of nitrogen functional groups attached to an aromatic ring is 1. The monoisotopic (exact) mass is 567 g/mol. The van der Waals surface area contributed by atoms with Crippen molar-refractivity contribution < 1.29 is 23.1 Å². The van der Waals surface area contributed by atoms with Crippen LogP contribution in [0.4, 0.5) is 11.8 Å². The molecule has 3 aliphatic carbocycles. The molecule has 4 N–H and O–H groups in total. The van der Waals surface area contributed by atoms with Crippen LogP contribution in [-0.2, 0) is 18.6 Å². The van der Waals surface area contributed by atoms with Crippen molar-refractivity contribution in [3.8, 4) is 5.75 Å². The maximum atomic E-state index is 13.8.